The topological polar surface area (TPSA) is 51.3 Å². The number of Topliss-reactive ketones (excluding diaryl/α,β-unsaturated/α-hetero) is 1. The van der Waals surface area contributed by atoms with Crippen LogP contribution in [0, 0.1) is 0 Å². The van der Waals surface area contributed by atoms with E-state index in [0.717, 1.165) is 22.9 Å². The van der Waals surface area contributed by atoms with Crippen LogP contribution in [0.15, 0.2) is 48.5 Å². The van der Waals surface area contributed by atoms with Gasteiger partial charge in [-0.25, -0.2) is 0 Å². The summed E-state index contributed by atoms with van der Waals surface area (Å²) in [7, 11) is 1.62. The number of benzene rings is 2. The van der Waals surface area contributed by atoms with Crippen LogP contribution in [0.3, 0.4) is 0 Å². The molecule has 0 radical (unpaired) electrons. The van der Waals surface area contributed by atoms with Gasteiger partial charge in [-0.3, -0.25) is 4.79 Å². The zero-order chi connectivity index (χ0) is 16.9. The Bertz CT molecular complexity index is 837. The van der Waals surface area contributed by atoms with E-state index in [4.69, 9.17) is 9.47 Å². The minimum Gasteiger partial charge on any atom is -0.493 e. The molecule has 0 bridgehead atoms. The first-order valence-electron chi connectivity index (χ1n) is 8.12. The average Bonchev–Trinajstić information content (AvgIpc) is 3.03. The molecule has 0 saturated carbocycles. The Morgan fingerprint density at radius 2 is 1.88 bits per heavy atom. The van der Waals surface area contributed by atoms with Gasteiger partial charge in [-0.1, -0.05) is 37.3 Å². The van der Waals surface area contributed by atoms with Crippen molar-refractivity contribution < 1.29 is 14.3 Å². The van der Waals surface area contributed by atoms with Crippen molar-refractivity contribution in [1.29, 1.82) is 0 Å². The first-order valence-corrected chi connectivity index (χ1v) is 8.12. The molecule has 0 spiro atoms. The Hall–Kier alpha value is -2.75. The van der Waals surface area contributed by atoms with Gasteiger partial charge in [0.15, 0.2) is 17.3 Å². The molecule has 3 rings (SSSR count). The summed E-state index contributed by atoms with van der Waals surface area (Å²) < 4.78 is 11.1. The third-order valence-corrected chi connectivity index (χ3v) is 3.87. The number of aromatic nitrogens is 1. The molecule has 0 aliphatic rings. The number of carbonyl (C=O) groups excluding carboxylic acids is 1. The number of hydrogen-bond donors (Lipinski definition) is 1. The Balaban J connectivity index is 1.88. The van der Waals surface area contributed by atoms with E-state index >= 15 is 0 Å². The van der Waals surface area contributed by atoms with E-state index in [1.165, 1.54) is 0 Å². The van der Waals surface area contributed by atoms with Crippen molar-refractivity contribution in [2.24, 2.45) is 0 Å². The molecule has 2 aromatic carbocycles. The fourth-order valence-electron chi connectivity index (χ4n) is 2.65. The Morgan fingerprint density at radius 1 is 1.08 bits per heavy atom. The molecular formula is C20H21NO3. The molecule has 0 unspecified atom stereocenters. The van der Waals surface area contributed by atoms with Crippen molar-refractivity contribution in [3.05, 3.63) is 59.8 Å². The molecule has 24 heavy (non-hydrogen) atoms. The Morgan fingerprint density at radius 3 is 2.58 bits per heavy atom. The summed E-state index contributed by atoms with van der Waals surface area (Å²) in [6.45, 7) is 2.69. The predicted octanol–water partition coefficient (Wildman–Crippen LogP) is 4.39. The van der Waals surface area contributed by atoms with Crippen molar-refractivity contribution in [2.75, 3.05) is 13.7 Å². The van der Waals surface area contributed by atoms with Gasteiger partial charge in [0, 0.05) is 23.4 Å². The Labute approximate surface area is 141 Å². The summed E-state index contributed by atoms with van der Waals surface area (Å²) >= 11 is 0. The maximum absolute atomic E-state index is 12.5. The first-order chi connectivity index (χ1) is 11.7. The largest absolute Gasteiger partial charge is 0.493 e. The van der Waals surface area contributed by atoms with E-state index in [1.54, 1.807) is 7.11 Å². The minimum atomic E-state index is 0.0624. The van der Waals surface area contributed by atoms with Crippen molar-refractivity contribution >= 4 is 16.7 Å². The summed E-state index contributed by atoms with van der Waals surface area (Å²) in [5, 5.41) is 0.943. The SMILES string of the molecule is CCCOc1cc2cc(C(=O)Cc3ccccc3)[nH]c2cc1OC. The molecule has 0 aliphatic carbocycles. The van der Waals surface area contributed by atoms with Crippen LogP contribution in [-0.4, -0.2) is 24.5 Å². The summed E-state index contributed by atoms with van der Waals surface area (Å²) in [5.74, 6) is 1.43. The van der Waals surface area contributed by atoms with Crippen LogP contribution in [-0.2, 0) is 6.42 Å². The molecular weight excluding hydrogens is 302 g/mol. The number of ether oxygens (including phenoxy) is 2. The number of ketones is 1. The number of nitrogens with one attached hydrogen (secondary N) is 1. The standard InChI is InChI=1S/C20H21NO3/c1-3-9-24-20-12-15-11-17(21-16(15)13-19(20)23-2)18(22)10-14-7-5-4-6-8-14/h4-8,11-13,21H,3,9-10H2,1-2H3. The minimum absolute atomic E-state index is 0.0624. The third-order valence-electron chi connectivity index (χ3n) is 3.87. The highest BCUT2D eigenvalue weighted by Gasteiger charge is 2.13. The van der Waals surface area contributed by atoms with Gasteiger partial charge >= 0.3 is 0 Å². The molecule has 1 N–H and O–H groups in total. The number of rotatable bonds is 7. The third kappa shape index (κ3) is 3.43. The van der Waals surface area contributed by atoms with Gasteiger partial charge in [0.2, 0.25) is 0 Å². The number of aromatic amines is 1. The van der Waals surface area contributed by atoms with E-state index in [-0.39, 0.29) is 5.78 Å². The molecule has 0 aliphatic heterocycles. The molecule has 0 saturated heterocycles. The fourth-order valence-corrected chi connectivity index (χ4v) is 2.65. The van der Waals surface area contributed by atoms with Gasteiger partial charge < -0.3 is 14.5 Å². The number of carbonyl (C=O) groups is 1. The highest BCUT2D eigenvalue weighted by molar-refractivity contribution is 6.01. The first kappa shape index (κ1) is 16.1. The highest BCUT2D eigenvalue weighted by atomic mass is 16.5. The van der Waals surface area contributed by atoms with Crippen molar-refractivity contribution in [2.45, 2.75) is 19.8 Å². The second-order valence-electron chi connectivity index (χ2n) is 5.71. The quantitative estimate of drug-likeness (QED) is 0.656. The predicted molar refractivity (Wildman–Crippen MR) is 95.1 cm³/mol. The molecule has 124 valence electrons. The molecule has 3 aromatic rings. The Kier molecular flexibility index (Phi) is 4.85. The van der Waals surface area contributed by atoms with Crippen LogP contribution in [0.25, 0.3) is 10.9 Å². The lowest BCUT2D eigenvalue weighted by Crippen LogP contribution is -2.03. The molecule has 1 aromatic heterocycles. The lowest BCUT2D eigenvalue weighted by Gasteiger charge is -2.09. The van der Waals surface area contributed by atoms with Crippen molar-refractivity contribution in [3.63, 3.8) is 0 Å². The van der Waals surface area contributed by atoms with Gasteiger partial charge in [-0.2, -0.15) is 0 Å². The van der Waals surface area contributed by atoms with Crippen molar-refractivity contribution in [1.82, 2.24) is 4.98 Å². The monoisotopic (exact) mass is 323 g/mol. The lowest BCUT2D eigenvalue weighted by atomic mass is 10.1. The number of hydrogen-bond acceptors (Lipinski definition) is 3. The molecule has 0 atom stereocenters. The highest BCUT2D eigenvalue weighted by Crippen LogP contribution is 2.33. The normalized spacial score (nSPS) is 10.8. The van der Waals surface area contributed by atoms with E-state index < -0.39 is 0 Å². The van der Waals surface area contributed by atoms with Crippen LogP contribution < -0.4 is 9.47 Å². The molecule has 0 amide bonds. The zero-order valence-corrected chi connectivity index (χ0v) is 14.0. The van der Waals surface area contributed by atoms with Crippen LogP contribution >= 0.6 is 0 Å². The second kappa shape index (κ2) is 7.21. The van der Waals surface area contributed by atoms with E-state index in [2.05, 4.69) is 11.9 Å². The fraction of sp³-hybridized carbons (Fsp3) is 0.250. The van der Waals surface area contributed by atoms with Crippen LogP contribution in [0.2, 0.25) is 0 Å². The zero-order valence-electron chi connectivity index (χ0n) is 14.0. The number of fused-ring (bicyclic) bond motifs is 1. The number of H-pyrrole nitrogens is 1. The van der Waals surface area contributed by atoms with Crippen molar-refractivity contribution in [3.8, 4) is 11.5 Å². The molecule has 1 heterocycles. The van der Waals surface area contributed by atoms with Gasteiger partial charge in [0.25, 0.3) is 0 Å². The van der Waals surface area contributed by atoms with Gasteiger partial charge in [-0.05, 0) is 24.1 Å². The number of methoxy groups -OCH3 is 1. The summed E-state index contributed by atoms with van der Waals surface area (Å²) in [5.41, 5.74) is 2.47. The van der Waals surface area contributed by atoms with Crippen LogP contribution in [0.4, 0.5) is 0 Å². The van der Waals surface area contributed by atoms with E-state index in [0.29, 0.717) is 30.2 Å². The maximum Gasteiger partial charge on any atom is 0.183 e. The summed E-state index contributed by atoms with van der Waals surface area (Å²) in [4.78, 5) is 15.7. The smallest absolute Gasteiger partial charge is 0.183 e. The van der Waals surface area contributed by atoms with Gasteiger partial charge in [-0.15, -0.1) is 0 Å². The summed E-state index contributed by atoms with van der Waals surface area (Å²) in [6, 6.07) is 15.4. The molecule has 4 nitrogen and oxygen atoms in total. The van der Waals surface area contributed by atoms with E-state index in [9.17, 15) is 4.79 Å². The maximum atomic E-state index is 12.5. The second-order valence-corrected chi connectivity index (χ2v) is 5.71. The van der Waals surface area contributed by atoms with Crippen LogP contribution in [0.1, 0.15) is 29.4 Å². The average molecular weight is 323 g/mol. The van der Waals surface area contributed by atoms with Crippen LogP contribution in [0.5, 0.6) is 11.5 Å². The van der Waals surface area contributed by atoms with Gasteiger partial charge in [0.1, 0.15) is 0 Å². The van der Waals surface area contributed by atoms with Gasteiger partial charge in [0.05, 0.1) is 19.4 Å². The lowest BCUT2D eigenvalue weighted by molar-refractivity contribution is 0.0989. The summed E-state index contributed by atoms with van der Waals surface area (Å²) in [6.07, 6.45) is 1.30. The van der Waals surface area contributed by atoms with E-state index in [1.807, 2.05) is 48.5 Å². The molecule has 4 heteroatoms. The molecule has 0 fully saturated rings.